The molecule has 2 bridgehead atoms. The third-order valence-corrected chi connectivity index (χ3v) is 10.0. The number of hydrogen-bond donors (Lipinski definition) is 1. The van der Waals surface area contributed by atoms with Crippen molar-refractivity contribution in [1.82, 2.24) is 10.3 Å². The molecule has 10 heteroatoms. The molecule has 3 aliphatic carbocycles. The second-order valence-electron chi connectivity index (χ2n) is 13.8. The van der Waals surface area contributed by atoms with Crippen molar-refractivity contribution in [2.45, 2.75) is 83.2 Å². The number of alkyl halides is 3. The highest BCUT2D eigenvalue weighted by Crippen LogP contribution is 2.59. The summed E-state index contributed by atoms with van der Waals surface area (Å²) in [6, 6.07) is 21.2. The van der Waals surface area contributed by atoms with Gasteiger partial charge in [0.15, 0.2) is 0 Å². The fraction of sp³-hybridized carbons (Fsp3) is 0.378. The molecule has 0 aliphatic heterocycles. The maximum atomic E-state index is 14.6. The van der Waals surface area contributed by atoms with Crippen molar-refractivity contribution in [3.05, 3.63) is 94.0 Å². The first-order valence-corrected chi connectivity index (χ1v) is 16.4. The van der Waals surface area contributed by atoms with Crippen LogP contribution in [0, 0.1) is 12.3 Å². The first-order chi connectivity index (χ1) is 22.1. The number of nitrogens with zero attached hydrogens (tertiary/aromatic N) is 1. The minimum Gasteiger partial charge on any atom is -0.460 e. The molecule has 1 heterocycles. The zero-order valence-electron chi connectivity index (χ0n) is 26.6. The molecular weight excluding hydrogens is 673 g/mol. The number of fused-ring (bicyclic) bond motifs is 4. The smallest absolute Gasteiger partial charge is 0.460 e. The quantitative estimate of drug-likeness (QED) is 0.202. The Morgan fingerprint density at radius 2 is 1.64 bits per heavy atom. The molecule has 0 radical (unpaired) electrons. The molecule has 47 heavy (non-hydrogen) atoms. The number of benzene rings is 3. The van der Waals surface area contributed by atoms with Crippen LogP contribution in [0.25, 0.3) is 22.2 Å². The number of rotatable bonds is 6. The Morgan fingerprint density at radius 3 is 2.30 bits per heavy atom. The van der Waals surface area contributed by atoms with Gasteiger partial charge in [0, 0.05) is 26.9 Å². The highest BCUT2D eigenvalue weighted by molar-refractivity contribution is 9.10. The van der Waals surface area contributed by atoms with Gasteiger partial charge >= 0.3 is 12.3 Å². The van der Waals surface area contributed by atoms with Crippen LogP contribution in [0.1, 0.15) is 80.3 Å². The Labute approximate surface area is 280 Å². The topological polar surface area (TPSA) is 77.5 Å². The highest BCUT2D eigenvalue weighted by atomic mass is 79.9. The summed E-state index contributed by atoms with van der Waals surface area (Å²) in [5.74, 6) is -1.44. The van der Waals surface area contributed by atoms with Crippen molar-refractivity contribution in [3.63, 3.8) is 0 Å². The Morgan fingerprint density at radius 1 is 0.936 bits per heavy atom. The van der Waals surface area contributed by atoms with Gasteiger partial charge in [-0.1, -0.05) is 58.4 Å². The first-order valence-electron chi connectivity index (χ1n) is 15.7. The van der Waals surface area contributed by atoms with Crippen LogP contribution >= 0.6 is 15.9 Å². The number of nitrogens with one attached hydrogen (secondary N) is 1. The van der Waals surface area contributed by atoms with E-state index in [-0.39, 0.29) is 17.6 Å². The van der Waals surface area contributed by atoms with Gasteiger partial charge in [0.2, 0.25) is 0 Å². The third kappa shape index (κ3) is 6.62. The number of amides is 1. The number of carbonyl (C=O) groups excluding carboxylic acids is 2. The molecule has 1 amide bonds. The van der Waals surface area contributed by atoms with Crippen molar-refractivity contribution >= 4 is 38.7 Å². The fourth-order valence-electron chi connectivity index (χ4n) is 7.35. The average Bonchev–Trinajstić information content (AvgIpc) is 3.00. The predicted molar refractivity (Wildman–Crippen MR) is 177 cm³/mol. The summed E-state index contributed by atoms with van der Waals surface area (Å²) < 4.78 is 50.6. The van der Waals surface area contributed by atoms with Gasteiger partial charge in [-0.15, -0.1) is 13.2 Å². The van der Waals surface area contributed by atoms with Crippen LogP contribution < -0.4 is 10.1 Å². The lowest BCUT2D eigenvalue weighted by Gasteiger charge is -2.57. The zero-order valence-corrected chi connectivity index (χ0v) is 28.2. The van der Waals surface area contributed by atoms with E-state index >= 15 is 0 Å². The van der Waals surface area contributed by atoms with Gasteiger partial charge in [-0.05, 0) is 101 Å². The highest BCUT2D eigenvalue weighted by Gasteiger charge is 2.59. The monoisotopic (exact) mass is 708 g/mol. The van der Waals surface area contributed by atoms with Crippen molar-refractivity contribution < 1.29 is 32.2 Å². The van der Waals surface area contributed by atoms with Gasteiger partial charge in [-0.3, -0.25) is 9.59 Å². The van der Waals surface area contributed by atoms with E-state index in [0.29, 0.717) is 65.4 Å². The molecule has 0 spiro atoms. The number of ether oxygens (including phenoxy) is 2. The van der Waals surface area contributed by atoms with E-state index in [2.05, 4.69) is 26.0 Å². The molecule has 3 saturated carbocycles. The molecule has 3 aromatic carbocycles. The number of hydrogen-bond acceptors (Lipinski definition) is 5. The lowest BCUT2D eigenvalue weighted by atomic mass is 9.51. The number of carbonyl (C=O) groups is 2. The summed E-state index contributed by atoms with van der Waals surface area (Å²) in [4.78, 5) is 33.2. The van der Waals surface area contributed by atoms with E-state index in [1.54, 1.807) is 6.07 Å². The summed E-state index contributed by atoms with van der Waals surface area (Å²) >= 11 is 3.55. The predicted octanol–water partition coefficient (Wildman–Crippen LogP) is 9.43. The lowest BCUT2D eigenvalue weighted by molar-refractivity contribution is -0.274. The molecule has 246 valence electrons. The van der Waals surface area contributed by atoms with Gasteiger partial charge in [0.05, 0.1) is 22.2 Å². The van der Waals surface area contributed by atoms with Crippen LogP contribution in [0.5, 0.6) is 5.75 Å². The standard InChI is InChI=1S/C37H36BrF3N2O4/c1-22-30(27-20-25(38)13-14-29(27)42-31(22)23-9-6-5-7-10-23)32(44)43-36-17-15-35(16-18-36,33(45)47-34(2,3)4)21-28(36)24-11-8-12-26(19-24)46-37(39,40)41/h5-14,19-20,28H,15-18,21H2,1-4H3,(H,43,44). The first kappa shape index (κ1) is 33.0. The molecular formula is C37H36BrF3N2O4. The minimum absolute atomic E-state index is 0.301. The van der Waals surface area contributed by atoms with Crippen molar-refractivity contribution in [3.8, 4) is 17.0 Å². The molecule has 0 saturated heterocycles. The van der Waals surface area contributed by atoms with Crippen LogP contribution in [0.3, 0.4) is 0 Å². The van der Waals surface area contributed by atoms with E-state index < -0.39 is 28.8 Å². The Bertz CT molecular complexity index is 1840. The molecule has 1 N–H and O–H groups in total. The summed E-state index contributed by atoms with van der Waals surface area (Å²) in [7, 11) is 0. The SMILES string of the molecule is Cc1c(-c2ccccc2)nc2ccc(Br)cc2c1C(=O)NC12CCC(C(=O)OC(C)(C)C)(CC1)CC2c1cccc(OC(F)(F)F)c1. The third-order valence-electron chi connectivity index (χ3n) is 9.51. The van der Waals surface area contributed by atoms with E-state index in [9.17, 15) is 22.8 Å². The van der Waals surface area contributed by atoms with Crippen molar-refractivity contribution in [2.24, 2.45) is 5.41 Å². The molecule has 3 aliphatic rings. The molecule has 4 aromatic rings. The summed E-state index contributed by atoms with van der Waals surface area (Å²) in [5.41, 5.74) is 1.61. The molecule has 3 fully saturated rings. The number of esters is 1. The maximum Gasteiger partial charge on any atom is 0.573 e. The average molecular weight is 710 g/mol. The van der Waals surface area contributed by atoms with Gasteiger partial charge in [-0.25, -0.2) is 4.98 Å². The summed E-state index contributed by atoms with van der Waals surface area (Å²) in [5, 5.41) is 4.07. The molecule has 1 aromatic heterocycles. The number of pyridine rings is 1. The zero-order chi connectivity index (χ0) is 33.8. The van der Waals surface area contributed by atoms with Gasteiger partial charge in [-0.2, -0.15) is 0 Å². The molecule has 1 unspecified atom stereocenters. The van der Waals surface area contributed by atoms with E-state index in [1.807, 2.05) is 76.2 Å². The van der Waals surface area contributed by atoms with Crippen LogP contribution in [0.2, 0.25) is 0 Å². The van der Waals surface area contributed by atoms with Gasteiger partial charge in [0.1, 0.15) is 11.4 Å². The summed E-state index contributed by atoms with van der Waals surface area (Å²) in [6.07, 6.45) is -2.69. The fourth-order valence-corrected chi connectivity index (χ4v) is 7.71. The Kier molecular flexibility index (Phi) is 8.39. The van der Waals surface area contributed by atoms with Gasteiger partial charge in [0.25, 0.3) is 5.91 Å². The van der Waals surface area contributed by atoms with Crippen molar-refractivity contribution in [1.29, 1.82) is 0 Å². The minimum atomic E-state index is -4.86. The van der Waals surface area contributed by atoms with Crippen LogP contribution in [-0.2, 0) is 9.53 Å². The largest absolute Gasteiger partial charge is 0.573 e. The summed E-state index contributed by atoms with van der Waals surface area (Å²) in [6.45, 7) is 7.33. The number of aromatic nitrogens is 1. The lowest BCUT2D eigenvalue weighted by Crippen LogP contribution is -2.62. The molecule has 7 rings (SSSR count). The van der Waals surface area contributed by atoms with Crippen LogP contribution in [0.15, 0.2) is 77.3 Å². The van der Waals surface area contributed by atoms with Gasteiger partial charge < -0.3 is 14.8 Å². The van der Waals surface area contributed by atoms with E-state index in [4.69, 9.17) is 9.72 Å². The van der Waals surface area contributed by atoms with Crippen LogP contribution in [0.4, 0.5) is 13.2 Å². The van der Waals surface area contributed by atoms with Crippen LogP contribution in [-0.4, -0.2) is 34.4 Å². The number of halogens is 4. The Balaban J connectivity index is 1.44. The van der Waals surface area contributed by atoms with Crippen molar-refractivity contribution in [2.75, 3.05) is 0 Å². The normalized spacial score (nSPS) is 22.6. The van der Waals surface area contributed by atoms with E-state index in [0.717, 1.165) is 10.0 Å². The van der Waals surface area contributed by atoms with E-state index in [1.165, 1.54) is 18.2 Å². The molecule has 1 atom stereocenters. The Hall–Kier alpha value is -3.92. The molecule has 6 nitrogen and oxygen atoms in total. The maximum absolute atomic E-state index is 14.6. The second kappa shape index (κ2) is 12.0. The second-order valence-corrected chi connectivity index (χ2v) is 14.7.